The van der Waals surface area contributed by atoms with Crippen LogP contribution in [0.15, 0.2) is 76.2 Å². The number of nitrogens with zero attached hydrogens (tertiary/aromatic N) is 1. The quantitative estimate of drug-likeness (QED) is 0.405. The van der Waals surface area contributed by atoms with Gasteiger partial charge in [-0.1, -0.05) is 74.4 Å². The van der Waals surface area contributed by atoms with Crippen LogP contribution in [0.1, 0.15) is 38.2 Å². The minimum atomic E-state index is -3.63. The third-order valence-electron chi connectivity index (χ3n) is 3.68. The molecule has 0 radical (unpaired) electrons. The van der Waals surface area contributed by atoms with Gasteiger partial charge in [0.15, 0.2) is 0 Å². The van der Waals surface area contributed by atoms with Crippen molar-refractivity contribution in [3.8, 4) is 0 Å². The van der Waals surface area contributed by atoms with Crippen LogP contribution in [-0.4, -0.2) is 14.6 Å². The average Bonchev–Trinajstić information content (AvgIpc) is 2.63. The molecular weight excluding hydrogens is 332 g/mol. The third-order valence-corrected chi connectivity index (χ3v) is 4.92. The number of nitrogens with one attached hydrogen (secondary N) is 1. The van der Waals surface area contributed by atoms with E-state index in [-0.39, 0.29) is 4.90 Å². The van der Waals surface area contributed by atoms with Gasteiger partial charge in [0.1, 0.15) is 0 Å². The minimum Gasteiger partial charge on any atom is -0.200 e. The molecule has 0 spiro atoms. The Morgan fingerprint density at radius 1 is 1.00 bits per heavy atom. The Labute approximate surface area is 150 Å². The molecule has 0 aliphatic carbocycles. The van der Waals surface area contributed by atoms with Gasteiger partial charge in [-0.25, -0.2) is 4.83 Å². The van der Waals surface area contributed by atoms with Gasteiger partial charge < -0.3 is 0 Å². The molecule has 2 rings (SSSR count). The van der Waals surface area contributed by atoms with Gasteiger partial charge in [-0.05, 0) is 36.1 Å². The van der Waals surface area contributed by atoms with Gasteiger partial charge in [-0.15, -0.1) is 0 Å². The molecule has 2 aromatic rings. The van der Waals surface area contributed by atoms with Crippen LogP contribution in [0.4, 0.5) is 0 Å². The monoisotopic (exact) mass is 356 g/mol. The lowest BCUT2D eigenvalue weighted by atomic mass is 10.1. The normalized spacial score (nSPS) is 12.4. The highest BCUT2D eigenvalue weighted by atomic mass is 32.2. The van der Waals surface area contributed by atoms with Crippen LogP contribution in [-0.2, 0) is 10.0 Å². The molecule has 5 heteroatoms. The molecule has 2 aromatic carbocycles. The molecule has 0 atom stereocenters. The Bertz CT molecular complexity index is 798. The zero-order valence-corrected chi connectivity index (χ0v) is 15.2. The van der Waals surface area contributed by atoms with E-state index in [2.05, 4.69) is 16.9 Å². The van der Waals surface area contributed by atoms with Gasteiger partial charge in [0.2, 0.25) is 0 Å². The van der Waals surface area contributed by atoms with E-state index in [1.165, 1.54) is 0 Å². The second-order valence-corrected chi connectivity index (χ2v) is 7.41. The van der Waals surface area contributed by atoms with Crippen molar-refractivity contribution in [1.82, 2.24) is 4.83 Å². The summed E-state index contributed by atoms with van der Waals surface area (Å²) in [7, 11) is -3.63. The Kier molecular flexibility index (Phi) is 7.41. The standard InChI is InChI=1S/C20H24N2O2S/c1-2-3-6-13-19(16-18-11-7-4-8-12-18)17-21-22-25(23,24)20-14-9-5-10-15-20/h4-5,7-12,14-17,22H,2-3,6,13H2,1H3. The lowest BCUT2D eigenvalue weighted by Crippen LogP contribution is -2.18. The van der Waals surface area contributed by atoms with Crippen LogP contribution < -0.4 is 4.83 Å². The lowest BCUT2D eigenvalue weighted by molar-refractivity contribution is 0.584. The summed E-state index contributed by atoms with van der Waals surface area (Å²) in [5.41, 5.74) is 2.07. The molecule has 0 saturated carbocycles. The van der Waals surface area contributed by atoms with Crippen LogP contribution in [0.2, 0.25) is 0 Å². The Morgan fingerprint density at radius 2 is 1.64 bits per heavy atom. The SMILES string of the molecule is CCCCCC(C=NNS(=O)(=O)c1ccccc1)=Cc1ccccc1. The van der Waals surface area contributed by atoms with Crippen LogP contribution in [0.3, 0.4) is 0 Å². The third kappa shape index (κ3) is 6.55. The van der Waals surface area contributed by atoms with E-state index in [1.54, 1.807) is 36.5 Å². The van der Waals surface area contributed by atoms with E-state index >= 15 is 0 Å². The number of sulfonamides is 1. The van der Waals surface area contributed by atoms with Gasteiger partial charge in [0.05, 0.1) is 11.1 Å². The highest BCUT2D eigenvalue weighted by Crippen LogP contribution is 2.13. The first-order valence-electron chi connectivity index (χ1n) is 8.47. The Morgan fingerprint density at radius 3 is 2.28 bits per heavy atom. The molecule has 25 heavy (non-hydrogen) atoms. The number of unbranched alkanes of at least 4 members (excludes halogenated alkanes) is 2. The van der Waals surface area contributed by atoms with Crippen LogP contribution in [0.5, 0.6) is 0 Å². The first-order chi connectivity index (χ1) is 12.1. The first kappa shape index (κ1) is 18.9. The smallest absolute Gasteiger partial charge is 0.200 e. The van der Waals surface area contributed by atoms with Crippen LogP contribution in [0.25, 0.3) is 6.08 Å². The molecule has 0 aromatic heterocycles. The van der Waals surface area contributed by atoms with Crippen molar-refractivity contribution in [3.05, 3.63) is 71.8 Å². The van der Waals surface area contributed by atoms with Crippen LogP contribution in [0, 0.1) is 0 Å². The van der Waals surface area contributed by atoms with Gasteiger partial charge >= 0.3 is 0 Å². The fourth-order valence-electron chi connectivity index (χ4n) is 2.35. The molecule has 0 fully saturated rings. The number of rotatable bonds is 9. The van der Waals surface area contributed by atoms with Crippen molar-refractivity contribution < 1.29 is 8.42 Å². The number of hydrogen-bond acceptors (Lipinski definition) is 3. The maximum absolute atomic E-state index is 12.2. The number of benzene rings is 2. The molecule has 0 saturated heterocycles. The molecule has 0 heterocycles. The fraction of sp³-hybridized carbons (Fsp3) is 0.250. The Hall–Kier alpha value is -2.40. The van der Waals surface area contributed by atoms with Crippen molar-refractivity contribution in [1.29, 1.82) is 0 Å². The van der Waals surface area contributed by atoms with E-state index in [9.17, 15) is 8.42 Å². The second kappa shape index (κ2) is 9.79. The van der Waals surface area contributed by atoms with E-state index in [0.717, 1.165) is 36.8 Å². The van der Waals surface area contributed by atoms with Gasteiger partial charge in [0.25, 0.3) is 10.0 Å². The van der Waals surface area contributed by atoms with Crippen LogP contribution >= 0.6 is 0 Å². The largest absolute Gasteiger partial charge is 0.276 e. The summed E-state index contributed by atoms with van der Waals surface area (Å²) in [4.78, 5) is 2.48. The minimum absolute atomic E-state index is 0.201. The zero-order chi connectivity index (χ0) is 18.0. The van der Waals surface area contributed by atoms with Crippen molar-refractivity contribution in [2.24, 2.45) is 5.10 Å². The maximum Gasteiger partial charge on any atom is 0.276 e. The highest BCUT2D eigenvalue weighted by Gasteiger charge is 2.11. The molecule has 0 amide bonds. The molecular formula is C20H24N2O2S. The predicted molar refractivity (Wildman–Crippen MR) is 104 cm³/mol. The lowest BCUT2D eigenvalue weighted by Gasteiger charge is -2.05. The fourth-order valence-corrected chi connectivity index (χ4v) is 3.16. The summed E-state index contributed by atoms with van der Waals surface area (Å²) in [5, 5.41) is 3.96. The molecule has 132 valence electrons. The summed E-state index contributed by atoms with van der Waals surface area (Å²) in [5.74, 6) is 0. The van der Waals surface area contributed by atoms with E-state index < -0.39 is 10.0 Å². The topological polar surface area (TPSA) is 58.5 Å². The van der Waals surface area contributed by atoms with Crippen molar-refractivity contribution in [2.75, 3.05) is 0 Å². The average molecular weight is 356 g/mol. The van der Waals surface area contributed by atoms with E-state index in [4.69, 9.17) is 0 Å². The van der Waals surface area contributed by atoms with Gasteiger partial charge in [-0.3, -0.25) is 0 Å². The molecule has 0 bridgehead atoms. The maximum atomic E-state index is 12.2. The summed E-state index contributed by atoms with van der Waals surface area (Å²) < 4.78 is 24.4. The number of hydrogen-bond donors (Lipinski definition) is 1. The van der Waals surface area contributed by atoms with Crippen molar-refractivity contribution in [3.63, 3.8) is 0 Å². The summed E-state index contributed by atoms with van der Waals surface area (Å²) >= 11 is 0. The Balaban J connectivity index is 2.10. The first-order valence-corrected chi connectivity index (χ1v) is 9.95. The van der Waals surface area contributed by atoms with E-state index in [1.807, 2.05) is 36.4 Å². The predicted octanol–water partition coefficient (Wildman–Crippen LogP) is 4.61. The molecule has 0 unspecified atom stereocenters. The molecule has 1 N–H and O–H groups in total. The highest BCUT2D eigenvalue weighted by molar-refractivity contribution is 7.89. The zero-order valence-electron chi connectivity index (χ0n) is 14.4. The summed E-state index contributed by atoms with van der Waals surface area (Å²) in [6, 6.07) is 18.2. The number of allylic oxidation sites excluding steroid dienone is 1. The number of hydrazone groups is 1. The van der Waals surface area contributed by atoms with Crippen molar-refractivity contribution >= 4 is 22.3 Å². The molecule has 0 aliphatic rings. The molecule has 4 nitrogen and oxygen atoms in total. The summed E-state index contributed by atoms with van der Waals surface area (Å²) in [6.07, 6.45) is 7.82. The van der Waals surface area contributed by atoms with Gasteiger partial charge in [0, 0.05) is 0 Å². The summed E-state index contributed by atoms with van der Waals surface area (Å²) in [6.45, 7) is 2.16. The van der Waals surface area contributed by atoms with E-state index in [0.29, 0.717) is 0 Å². The molecule has 0 aliphatic heterocycles. The second-order valence-electron chi connectivity index (χ2n) is 5.75. The van der Waals surface area contributed by atoms with Gasteiger partial charge in [-0.2, -0.15) is 13.5 Å². The van der Waals surface area contributed by atoms with Crippen molar-refractivity contribution in [2.45, 2.75) is 37.5 Å².